The highest BCUT2D eigenvalue weighted by Gasteiger charge is 2.14. The molecule has 2 rings (SSSR count). The van der Waals surface area contributed by atoms with Gasteiger partial charge in [-0.15, -0.1) is 11.3 Å². The number of rotatable bonds is 5. The summed E-state index contributed by atoms with van der Waals surface area (Å²) in [5.74, 6) is 1.14. The number of pyridine rings is 1. The van der Waals surface area contributed by atoms with Gasteiger partial charge in [0.25, 0.3) is 0 Å². The maximum Gasteiger partial charge on any atom is 0.192 e. The summed E-state index contributed by atoms with van der Waals surface area (Å²) in [6.07, 6.45) is 3.29. The van der Waals surface area contributed by atoms with Gasteiger partial charge in [0.15, 0.2) is 11.6 Å². The number of thiazole rings is 1. The monoisotopic (exact) mass is 329 g/mol. The molecule has 0 aliphatic rings. The van der Waals surface area contributed by atoms with Gasteiger partial charge in [-0.2, -0.15) is 0 Å². The van der Waals surface area contributed by atoms with Gasteiger partial charge in [0, 0.05) is 22.2 Å². The largest absolute Gasteiger partial charge is 0.480 e. The van der Waals surface area contributed by atoms with E-state index in [4.69, 9.17) is 9.57 Å². The molecule has 1 N–H and O–H groups in total. The lowest BCUT2D eigenvalue weighted by molar-refractivity contribution is 0.219. The Hall–Kier alpha value is -1.18. The molecule has 0 bridgehead atoms. The van der Waals surface area contributed by atoms with Gasteiger partial charge in [-0.3, -0.25) is 4.84 Å². The van der Waals surface area contributed by atoms with E-state index in [9.17, 15) is 0 Å². The molecular formula is C11H12BrN3O2S. The van der Waals surface area contributed by atoms with Crippen LogP contribution in [0.15, 0.2) is 28.3 Å². The molecule has 0 aromatic carbocycles. The lowest BCUT2D eigenvalue weighted by Gasteiger charge is -2.15. The summed E-state index contributed by atoms with van der Waals surface area (Å²) in [5, 5.41) is 2.83. The molecule has 0 aliphatic heterocycles. The average molecular weight is 330 g/mol. The molecule has 7 heteroatoms. The van der Waals surface area contributed by atoms with Crippen molar-refractivity contribution in [1.29, 1.82) is 0 Å². The van der Waals surface area contributed by atoms with E-state index < -0.39 is 0 Å². The zero-order chi connectivity index (χ0) is 13.0. The van der Waals surface area contributed by atoms with E-state index in [2.05, 4.69) is 31.4 Å². The summed E-state index contributed by atoms with van der Waals surface area (Å²) < 4.78 is 6.67. The third kappa shape index (κ3) is 3.18. The van der Waals surface area contributed by atoms with Crippen molar-refractivity contribution in [2.45, 2.75) is 13.0 Å². The van der Waals surface area contributed by atoms with E-state index in [0.29, 0.717) is 11.6 Å². The molecule has 2 aromatic heterocycles. The molecule has 0 radical (unpaired) electrons. The quantitative estimate of drug-likeness (QED) is 0.852. The predicted octanol–water partition coefficient (Wildman–Crippen LogP) is 3.41. The molecule has 2 aromatic rings. The van der Waals surface area contributed by atoms with Gasteiger partial charge >= 0.3 is 0 Å². The second kappa shape index (κ2) is 6.12. The van der Waals surface area contributed by atoms with Crippen LogP contribution in [0.5, 0.6) is 5.75 Å². The van der Waals surface area contributed by atoms with E-state index in [0.717, 1.165) is 9.48 Å². The minimum atomic E-state index is -0.140. The van der Waals surface area contributed by atoms with E-state index in [1.165, 1.54) is 7.11 Å². The first kappa shape index (κ1) is 13.3. The fourth-order valence-corrected chi connectivity index (χ4v) is 2.29. The topological polar surface area (TPSA) is 56.3 Å². The van der Waals surface area contributed by atoms with Crippen molar-refractivity contribution in [3.63, 3.8) is 0 Å². The predicted molar refractivity (Wildman–Crippen MR) is 73.7 cm³/mol. The van der Waals surface area contributed by atoms with Gasteiger partial charge in [0.05, 0.1) is 7.11 Å². The van der Waals surface area contributed by atoms with Gasteiger partial charge in [-0.25, -0.2) is 15.4 Å². The molecule has 0 saturated carbocycles. The molecule has 18 heavy (non-hydrogen) atoms. The van der Waals surface area contributed by atoms with Gasteiger partial charge in [-0.05, 0) is 28.9 Å². The van der Waals surface area contributed by atoms with Crippen LogP contribution in [0.4, 0.5) is 5.82 Å². The summed E-state index contributed by atoms with van der Waals surface area (Å²) in [5.41, 5.74) is 2.68. The lowest BCUT2D eigenvalue weighted by Crippen LogP contribution is -2.07. The van der Waals surface area contributed by atoms with Crippen LogP contribution in [0, 0.1) is 0 Å². The fraction of sp³-hybridized carbons (Fsp3) is 0.273. The molecule has 0 fully saturated rings. The first-order valence-electron chi connectivity index (χ1n) is 5.21. The van der Waals surface area contributed by atoms with Crippen LogP contribution in [0.25, 0.3) is 0 Å². The Morgan fingerprint density at radius 2 is 2.28 bits per heavy atom. The Labute approximate surface area is 117 Å². The molecule has 2 heterocycles. The second-order valence-corrected chi connectivity index (χ2v) is 5.28. The maximum absolute atomic E-state index is 5.84. The van der Waals surface area contributed by atoms with Crippen molar-refractivity contribution >= 4 is 33.1 Å². The van der Waals surface area contributed by atoms with Crippen molar-refractivity contribution in [3.8, 4) is 5.75 Å². The number of halogens is 1. The van der Waals surface area contributed by atoms with Gasteiger partial charge < -0.3 is 4.74 Å². The number of hydrogen-bond donors (Lipinski definition) is 1. The number of anilines is 1. The van der Waals surface area contributed by atoms with Crippen molar-refractivity contribution < 1.29 is 9.57 Å². The fourth-order valence-electron chi connectivity index (χ4n) is 1.36. The molecule has 0 amide bonds. The second-order valence-electron chi connectivity index (χ2n) is 3.44. The van der Waals surface area contributed by atoms with Crippen LogP contribution < -0.4 is 10.2 Å². The van der Waals surface area contributed by atoms with Crippen LogP contribution in [0.2, 0.25) is 0 Å². The smallest absolute Gasteiger partial charge is 0.192 e. The highest BCUT2D eigenvalue weighted by Crippen LogP contribution is 2.30. The molecule has 0 aliphatic carbocycles. The summed E-state index contributed by atoms with van der Waals surface area (Å²) in [4.78, 5) is 13.3. The van der Waals surface area contributed by atoms with E-state index in [1.807, 2.05) is 18.4 Å². The van der Waals surface area contributed by atoms with Crippen LogP contribution in [0.1, 0.15) is 18.0 Å². The Morgan fingerprint density at radius 1 is 1.44 bits per heavy atom. The molecule has 0 saturated heterocycles. The lowest BCUT2D eigenvalue weighted by atomic mass is 10.4. The molecule has 5 nitrogen and oxygen atoms in total. The Kier molecular flexibility index (Phi) is 4.51. The first-order chi connectivity index (χ1) is 8.70. The number of aromatic nitrogens is 2. The van der Waals surface area contributed by atoms with E-state index in [1.54, 1.807) is 23.7 Å². The standard InChI is InChI=1S/C11H12BrN3O2S/c1-7(11-13-3-4-18-11)17-9-5-8(12)6-14-10(9)15-16-2/h3-7H,1-2H3,(H,14,15). The number of nitrogens with zero attached hydrogens (tertiary/aromatic N) is 2. The number of ether oxygens (including phenoxy) is 1. The van der Waals surface area contributed by atoms with Crippen molar-refractivity contribution in [2.24, 2.45) is 0 Å². The SMILES string of the molecule is CONc1ncc(Br)cc1OC(C)c1nccs1. The Bertz CT molecular complexity index is 507. The van der Waals surface area contributed by atoms with Crippen molar-refractivity contribution in [2.75, 3.05) is 12.6 Å². The summed E-state index contributed by atoms with van der Waals surface area (Å²) in [6, 6.07) is 1.83. The third-order valence-electron chi connectivity index (χ3n) is 2.12. The van der Waals surface area contributed by atoms with Crippen molar-refractivity contribution in [3.05, 3.63) is 33.3 Å². The highest BCUT2D eigenvalue weighted by atomic mass is 79.9. The Balaban J connectivity index is 2.19. The number of nitrogens with one attached hydrogen (secondary N) is 1. The van der Waals surface area contributed by atoms with Crippen LogP contribution in [0.3, 0.4) is 0 Å². The van der Waals surface area contributed by atoms with Crippen molar-refractivity contribution in [1.82, 2.24) is 9.97 Å². The van der Waals surface area contributed by atoms with E-state index in [-0.39, 0.29) is 6.10 Å². The van der Waals surface area contributed by atoms with Crippen LogP contribution in [-0.4, -0.2) is 17.1 Å². The van der Waals surface area contributed by atoms with Gasteiger partial charge in [0.1, 0.15) is 11.1 Å². The normalized spacial score (nSPS) is 12.2. The van der Waals surface area contributed by atoms with Crippen LogP contribution in [-0.2, 0) is 4.84 Å². The third-order valence-corrected chi connectivity index (χ3v) is 3.49. The molecular weight excluding hydrogens is 318 g/mol. The Morgan fingerprint density at radius 3 is 2.94 bits per heavy atom. The first-order valence-corrected chi connectivity index (χ1v) is 6.88. The van der Waals surface area contributed by atoms with Gasteiger partial charge in [0.2, 0.25) is 0 Å². The van der Waals surface area contributed by atoms with E-state index >= 15 is 0 Å². The minimum Gasteiger partial charge on any atom is -0.480 e. The van der Waals surface area contributed by atoms with Gasteiger partial charge in [-0.1, -0.05) is 0 Å². The summed E-state index contributed by atoms with van der Waals surface area (Å²) >= 11 is 4.92. The molecule has 1 atom stereocenters. The average Bonchev–Trinajstić information content (AvgIpc) is 2.86. The minimum absolute atomic E-state index is 0.140. The highest BCUT2D eigenvalue weighted by molar-refractivity contribution is 9.10. The molecule has 1 unspecified atom stereocenters. The number of hydrogen-bond acceptors (Lipinski definition) is 6. The molecule has 96 valence electrons. The zero-order valence-electron chi connectivity index (χ0n) is 9.88. The van der Waals surface area contributed by atoms with Crippen LogP contribution >= 0.6 is 27.3 Å². The molecule has 0 spiro atoms. The maximum atomic E-state index is 5.84. The summed E-state index contributed by atoms with van der Waals surface area (Å²) in [7, 11) is 1.53. The summed E-state index contributed by atoms with van der Waals surface area (Å²) in [6.45, 7) is 1.94. The zero-order valence-corrected chi connectivity index (χ0v) is 12.3.